The normalized spacial score (nSPS) is 12.1. The number of nitrogens with one attached hydrogen (secondary N) is 1. The topological polar surface area (TPSA) is 58.0 Å². The summed E-state index contributed by atoms with van der Waals surface area (Å²) < 4.78 is 13.5. The lowest BCUT2D eigenvalue weighted by molar-refractivity contribution is 0.471. The number of aromatic nitrogens is 2. The van der Waals surface area contributed by atoms with Crippen molar-refractivity contribution in [1.29, 1.82) is 0 Å². The summed E-state index contributed by atoms with van der Waals surface area (Å²) in [6, 6.07) is 13.2. The van der Waals surface area contributed by atoms with Gasteiger partial charge in [0.2, 0.25) is 0 Å². The first-order valence-corrected chi connectivity index (χ1v) is 9.60. The molecule has 1 unspecified atom stereocenters. The van der Waals surface area contributed by atoms with Gasteiger partial charge in [0.05, 0.1) is 12.2 Å². The summed E-state index contributed by atoms with van der Waals surface area (Å²) in [5.74, 6) is 0.0625. The maximum absolute atomic E-state index is 13.5. The van der Waals surface area contributed by atoms with Gasteiger partial charge >= 0.3 is 0 Å². The summed E-state index contributed by atoms with van der Waals surface area (Å²) in [4.78, 5) is 8.44. The van der Waals surface area contributed by atoms with Crippen LogP contribution in [0, 0.1) is 12.7 Å². The van der Waals surface area contributed by atoms with Crippen LogP contribution in [0.15, 0.2) is 60.9 Å². The van der Waals surface area contributed by atoms with Gasteiger partial charge in [0.1, 0.15) is 22.9 Å². The van der Waals surface area contributed by atoms with E-state index in [1.54, 1.807) is 43.5 Å². The van der Waals surface area contributed by atoms with E-state index < -0.39 is 11.9 Å². The van der Waals surface area contributed by atoms with Crippen LogP contribution in [0.25, 0.3) is 10.9 Å². The van der Waals surface area contributed by atoms with Gasteiger partial charge in [-0.3, -0.25) is 4.98 Å². The largest absolute Gasteiger partial charge is 0.505 e. The van der Waals surface area contributed by atoms with Crippen LogP contribution in [0.3, 0.4) is 0 Å². The van der Waals surface area contributed by atoms with Crippen LogP contribution >= 0.6 is 23.2 Å². The van der Waals surface area contributed by atoms with Crippen molar-refractivity contribution in [3.63, 3.8) is 0 Å². The molecule has 2 aromatic heterocycles. The number of hydrogen-bond donors (Lipinski definition) is 2. The van der Waals surface area contributed by atoms with Gasteiger partial charge in [-0.1, -0.05) is 41.4 Å². The highest BCUT2D eigenvalue weighted by Gasteiger charge is 2.23. The number of hydrogen-bond acceptors (Lipinski definition) is 4. The summed E-state index contributed by atoms with van der Waals surface area (Å²) in [5, 5.41) is 16.0. The molecule has 29 heavy (non-hydrogen) atoms. The molecule has 2 aromatic carbocycles. The average molecular weight is 428 g/mol. The monoisotopic (exact) mass is 427 g/mol. The van der Waals surface area contributed by atoms with Crippen molar-refractivity contribution in [2.75, 3.05) is 5.32 Å². The number of benzene rings is 2. The van der Waals surface area contributed by atoms with Gasteiger partial charge in [-0.2, -0.15) is 0 Å². The van der Waals surface area contributed by atoms with Gasteiger partial charge in [-0.05, 0) is 48.4 Å². The van der Waals surface area contributed by atoms with Gasteiger partial charge < -0.3 is 10.4 Å². The molecule has 4 nitrogen and oxygen atoms in total. The lowest BCUT2D eigenvalue weighted by Crippen LogP contribution is -2.15. The summed E-state index contributed by atoms with van der Waals surface area (Å²) in [6.45, 7) is 1.75. The van der Waals surface area contributed by atoms with Crippen LogP contribution in [0.5, 0.6) is 5.75 Å². The molecule has 0 bridgehead atoms. The summed E-state index contributed by atoms with van der Waals surface area (Å²) >= 11 is 12.7. The Labute approximate surface area is 177 Å². The van der Waals surface area contributed by atoms with Crippen LogP contribution in [0.4, 0.5) is 10.2 Å². The zero-order valence-electron chi connectivity index (χ0n) is 15.3. The molecule has 0 aliphatic carbocycles. The Morgan fingerprint density at radius 3 is 2.66 bits per heavy atom. The number of aryl methyl sites for hydroxylation is 1. The van der Waals surface area contributed by atoms with Gasteiger partial charge in [-0.15, -0.1) is 0 Å². The maximum atomic E-state index is 13.5. The third-order valence-corrected chi connectivity index (χ3v) is 5.26. The van der Waals surface area contributed by atoms with E-state index in [0.717, 1.165) is 11.6 Å². The Bertz CT molecular complexity index is 1220. The van der Waals surface area contributed by atoms with Crippen molar-refractivity contribution < 1.29 is 9.50 Å². The Morgan fingerprint density at radius 1 is 1.03 bits per heavy atom. The van der Waals surface area contributed by atoms with Crippen molar-refractivity contribution in [2.45, 2.75) is 13.0 Å². The van der Waals surface area contributed by atoms with Crippen LogP contribution in [-0.4, -0.2) is 15.1 Å². The van der Waals surface area contributed by atoms with E-state index in [2.05, 4.69) is 15.3 Å². The first-order valence-electron chi connectivity index (χ1n) is 8.84. The molecule has 2 heterocycles. The van der Waals surface area contributed by atoms with Gasteiger partial charge in [0.25, 0.3) is 0 Å². The quantitative estimate of drug-likeness (QED) is 0.401. The number of pyridine rings is 2. The molecule has 4 rings (SSSR count). The Kier molecular flexibility index (Phi) is 5.26. The van der Waals surface area contributed by atoms with Crippen molar-refractivity contribution in [3.8, 4) is 5.75 Å². The first-order chi connectivity index (χ1) is 13.9. The number of aromatic hydroxyl groups is 1. The van der Waals surface area contributed by atoms with E-state index in [0.29, 0.717) is 38.1 Å². The number of anilines is 1. The molecule has 146 valence electrons. The minimum atomic E-state index is -0.593. The number of fused-ring (bicyclic) bond motifs is 1. The fourth-order valence-corrected chi connectivity index (χ4v) is 3.67. The van der Waals surface area contributed by atoms with E-state index in [4.69, 9.17) is 23.2 Å². The fourth-order valence-electron chi connectivity index (χ4n) is 3.27. The van der Waals surface area contributed by atoms with Crippen LogP contribution in [0.1, 0.15) is 22.7 Å². The highest BCUT2D eigenvalue weighted by Crippen LogP contribution is 2.39. The second-order valence-electron chi connectivity index (χ2n) is 6.64. The summed E-state index contributed by atoms with van der Waals surface area (Å²) in [6.07, 6.45) is 2.75. The molecule has 7 heteroatoms. The van der Waals surface area contributed by atoms with E-state index in [1.807, 2.05) is 12.1 Å². The van der Waals surface area contributed by atoms with Crippen LogP contribution in [-0.2, 0) is 0 Å². The molecule has 0 saturated carbocycles. The summed E-state index contributed by atoms with van der Waals surface area (Å²) in [7, 11) is 0. The highest BCUT2D eigenvalue weighted by molar-refractivity contribution is 6.33. The molecule has 0 radical (unpaired) electrons. The van der Waals surface area contributed by atoms with Crippen molar-refractivity contribution in [2.24, 2.45) is 0 Å². The zero-order chi connectivity index (χ0) is 20.5. The van der Waals surface area contributed by atoms with E-state index in [-0.39, 0.29) is 5.75 Å². The molecule has 2 N–H and O–H groups in total. The number of phenols is 1. The van der Waals surface area contributed by atoms with E-state index in [1.165, 1.54) is 6.07 Å². The molecular formula is C22H16Cl2FN3O. The Hall–Kier alpha value is -2.89. The minimum Gasteiger partial charge on any atom is -0.505 e. The minimum absolute atomic E-state index is 0.0245. The third-order valence-electron chi connectivity index (χ3n) is 4.69. The predicted molar refractivity (Wildman–Crippen MR) is 114 cm³/mol. The Balaban J connectivity index is 1.91. The van der Waals surface area contributed by atoms with E-state index >= 15 is 0 Å². The molecule has 4 aromatic rings. The van der Waals surface area contributed by atoms with Crippen molar-refractivity contribution >= 4 is 39.9 Å². The predicted octanol–water partition coefficient (Wildman–Crippen LogP) is 6.29. The lowest BCUT2D eigenvalue weighted by atomic mass is 9.96. The van der Waals surface area contributed by atoms with Crippen molar-refractivity contribution in [3.05, 3.63) is 93.5 Å². The maximum Gasteiger partial charge on any atom is 0.147 e. The van der Waals surface area contributed by atoms with Crippen LogP contribution in [0.2, 0.25) is 10.0 Å². The molecule has 0 aliphatic rings. The summed E-state index contributed by atoms with van der Waals surface area (Å²) in [5.41, 5.74) is 2.28. The lowest BCUT2D eigenvalue weighted by Gasteiger charge is -2.24. The number of phenolic OH excluding ortho intramolecular Hbond substituents is 1. The SMILES string of the molecule is Cc1cc(F)cnc1NC(c1cc(Cl)ccc1Cl)c1ccc2cccnc2c1O. The van der Waals surface area contributed by atoms with Crippen molar-refractivity contribution in [1.82, 2.24) is 9.97 Å². The highest BCUT2D eigenvalue weighted by atomic mass is 35.5. The first kappa shape index (κ1) is 19.4. The number of rotatable bonds is 4. The standard InChI is InChI=1S/C22H16Cl2FN3O/c1-12-9-15(25)11-27-22(12)28-20(17-10-14(23)5-7-18(17)24)16-6-4-13-3-2-8-26-19(13)21(16)29/h2-11,20,29H,1H3,(H,27,28). The molecule has 1 atom stereocenters. The molecule has 0 aliphatic heterocycles. The second kappa shape index (κ2) is 7.85. The molecule has 0 amide bonds. The molecule has 0 fully saturated rings. The average Bonchev–Trinajstić information content (AvgIpc) is 2.70. The molecule has 0 saturated heterocycles. The second-order valence-corrected chi connectivity index (χ2v) is 7.48. The third kappa shape index (κ3) is 3.84. The molecular weight excluding hydrogens is 412 g/mol. The van der Waals surface area contributed by atoms with Gasteiger partial charge in [-0.25, -0.2) is 9.37 Å². The zero-order valence-corrected chi connectivity index (χ0v) is 16.8. The smallest absolute Gasteiger partial charge is 0.147 e. The van der Waals surface area contributed by atoms with Crippen LogP contribution < -0.4 is 5.32 Å². The van der Waals surface area contributed by atoms with Gasteiger partial charge in [0.15, 0.2) is 0 Å². The van der Waals surface area contributed by atoms with Gasteiger partial charge in [0, 0.05) is 27.2 Å². The fraction of sp³-hybridized carbons (Fsp3) is 0.0909. The Morgan fingerprint density at radius 2 is 1.86 bits per heavy atom. The number of nitrogens with zero attached hydrogens (tertiary/aromatic N) is 2. The number of halogens is 3. The molecule has 0 spiro atoms. The van der Waals surface area contributed by atoms with E-state index in [9.17, 15) is 9.50 Å².